The number of aryl methyl sites for hydroxylation is 1. The first-order chi connectivity index (χ1) is 9.60. The Balaban J connectivity index is 1.85. The minimum atomic E-state index is 0.0264. The number of benzene rings is 1. The quantitative estimate of drug-likeness (QED) is 0.914. The molecule has 1 amide bonds. The largest absolute Gasteiger partial charge is 0.352 e. The Morgan fingerprint density at radius 2 is 2.10 bits per heavy atom. The minimum Gasteiger partial charge on any atom is -0.352 e. The lowest BCUT2D eigenvalue weighted by atomic mass is 9.96. The summed E-state index contributed by atoms with van der Waals surface area (Å²) in [5.74, 6) is 0.642. The molecule has 1 aliphatic rings. The second-order valence-corrected chi connectivity index (χ2v) is 6.43. The summed E-state index contributed by atoms with van der Waals surface area (Å²) in [6.45, 7) is 8.45. The Bertz CT molecular complexity index is 468. The fraction of sp³-hybridized carbons (Fsp3) is 0.562. The van der Waals surface area contributed by atoms with Crippen LogP contribution in [0.1, 0.15) is 35.7 Å². The molecule has 1 heterocycles. The monoisotopic (exact) mass is 338 g/mol. The van der Waals surface area contributed by atoms with Crippen molar-refractivity contribution in [2.24, 2.45) is 5.92 Å². The van der Waals surface area contributed by atoms with Crippen molar-refractivity contribution in [1.82, 2.24) is 10.2 Å². The van der Waals surface area contributed by atoms with Crippen LogP contribution in [0.25, 0.3) is 0 Å². The van der Waals surface area contributed by atoms with E-state index in [1.54, 1.807) is 0 Å². The summed E-state index contributed by atoms with van der Waals surface area (Å²) >= 11 is 3.45. The van der Waals surface area contributed by atoms with Crippen LogP contribution in [-0.2, 0) is 0 Å². The number of rotatable bonds is 4. The van der Waals surface area contributed by atoms with E-state index in [0.29, 0.717) is 5.92 Å². The maximum Gasteiger partial charge on any atom is 0.252 e. The zero-order valence-electron chi connectivity index (χ0n) is 12.3. The molecule has 0 spiro atoms. The number of piperidine rings is 1. The van der Waals surface area contributed by atoms with Crippen molar-refractivity contribution in [3.05, 3.63) is 33.8 Å². The number of carbonyl (C=O) groups is 1. The molecule has 0 unspecified atom stereocenters. The Kier molecular flexibility index (Phi) is 5.61. The number of hydrogen-bond acceptors (Lipinski definition) is 2. The lowest BCUT2D eigenvalue weighted by Gasteiger charge is -2.31. The Labute approximate surface area is 129 Å². The summed E-state index contributed by atoms with van der Waals surface area (Å²) in [5, 5.41) is 3.08. The molecule has 0 saturated carbocycles. The number of likely N-dealkylation sites (tertiary alicyclic amines) is 1. The summed E-state index contributed by atoms with van der Waals surface area (Å²) in [7, 11) is 0. The van der Waals surface area contributed by atoms with Gasteiger partial charge in [-0.1, -0.05) is 18.6 Å². The third-order valence-corrected chi connectivity index (χ3v) is 4.76. The molecule has 1 N–H and O–H groups in total. The van der Waals surface area contributed by atoms with E-state index in [4.69, 9.17) is 0 Å². The van der Waals surface area contributed by atoms with Gasteiger partial charge in [0.1, 0.15) is 0 Å². The highest BCUT2D eigenvalue weighted by molar-refractivity contribution is 9.10. The van der Waals surface area contributed by atoms with Crippen LogP contribution in [0.2, 0.25) is 0 Å². The van der Waals surface area contributed by atoms with Crippen LogP contribution in [-0.4, -0.2) is 37.0 Å². The van der Waals surface area contributed by atoms with Gasteiger partial charge in [0, 0.05) is 11.0 Å². The number of carbonyl (C=O) groups excluding carboxylic acids is 1. The third-order valence-electron chi connectivity index (χ3n) is 4.07. The summed E-state index contributed by atoms with van der Waals surface area (Å²) < 4.78 is 0.862. The van der Waals surface area contributed by atoms with Gasteiger partial charge in [0.05, 0.1) is 5.56 Å². The molecule has 1 fully saturated rings. The lowest BCUT2D eigenvalue weighted by molar-refractivity contribution is 0.0936. The zero-order chi connectivity index (χ0) is 14.5. The fourth-order valence-electron chi connectivity index (χ4n) is 2.65. The minimum absolute atomic E-state index is 0.0264. The standard InChI is InChI=1S/C16H23BrN2O/c1-3-19-8-6-13(7-9-19)11-18-16(20)14-10-12(2)4-5-15(14)17/h4-5,10,13H,3,6-9,11H2,1-2H3,(H,18,20). The van der Waals surface area contributed by atoms with Crippen LogP contribution in [0.3, 0.4) is 0 Å². The normalized spacial score (nSPS) is 17.1. The molecule has 1 aliphatic heterocycles. The summed E-state index contributed by atoms with van der Waals surface area (Å²) in [6.07, 6.45) is 2.37. The number of nitrogens with one attached hydrogen (secondary N) is 1. The van der Waals surface area contributed by atoms with Gasteiger partial charge in [0.25, 0.3) is 5.91 Å². The predicted molar refractivity (Wildman–Crippen MR) is 86.1 cm³/mol. The number of nitrogens with zero attached hydrogens (tertiary/aromatic N) is 1. The van der Waals surface area contributed by atoms with Gasteiger partial charge in [-0.3, -0.25) is 4.79 Å². The van der Waals surface area contributed by atoms with E-state index >= 15 is 0 Å². The first-order valence-electron chi connectivity index (χ1n) is 7.37. The molecular weight excluding hydrogens is 316 g/mol. The average molecular weight is 339 g/mol. The van der Waals surface area contributed by atoms with Gasteiger partial charge >= 0.3 is 0 Å². The summed E-state index contributed by atoms with van der Waals surface area (Å²) in [6, 6.07) is 5.87. The van der Waals surface area contributed by atoms with Gasteiger partial charge in [0.15, 0.2) is 0 Å². The first-order valence-corrected chi connectivity index (χ1v) is 8.16. The molecule has 1 aromatic carbocycles. The van der Waals surface area contributed by atoms with Gasteiger partial charge in [-0.2, -0.15) is 0 Å². The van der Waals surface area contributed by atoms with Crippen LogP contribution in [0.15, 0.2) is 22.7 Å². The highest BCUT2D eigenvalue weighted by Gasteiger charge is 2.19. The molecule has 0 atom stereocenters. The van der Waals surface area contributed by atoms with Gasteiger partial charge in [0.2, 0.25) is 0 Å². The highest BCUT2D eigenvalue weighted by Crippen LogP contribution is 2.19. The van der Waals surface area contributed by atoms with Crippen LogP contribution in [0.5, 0.6) is 0 Å². The van der Waals surface area contributed by atoms with E-state index in [-0.39, 0.29) is 5.91 Å². The third kappa shape index (κ3) is 4.06. The Morgan fingerprint density at radius 1 is 1.40 bits per heavy atom. The van der Waals surface area contributed by atoms with Gasteiger partial charge < -0.3 is 10.2 Å². The molecule has 2 rings (SSSR count). The Hall–Kier alpha value is -0.870. The summed E-state index contributed by atoms with van der Waals surface area (Å²) in [4.78, 5) is 14.7. The van der Waals surface area contributed by atoms with Crippen LogP contribution >= 0.6 is 15.9 Å². The van der Waals surface area contributed by atoms with E-state index in [9.17, 15) is 4.79 Å². The predicted octanol–water partition coefficient (Wildman–Crippen LogP) is 3.22. The van der Waals surface area contributed by atoms with Crippen molar-refractivity contribution >= 4 is 21.8 Å². The van der Waals surface area contributed by atoms with Crippen molar-refractivity contribution in [1.29, 1.82) is 0 Å². The molecule has 110 valence electrons. The van der Waals surface area contributed by atoms with Crippen LogP contribution in [0.4, 0.5) is 0 Å². The van der Waals surface area contributed by atoms with E-state index in [0.717, 1.165) is 41.8 Å². The topological polar surface area (TPSA) is 32.3 Å². The molecule has 0 aliphatic carbocycles. The fourth-order valence-corrected chi connectivity index (χ4v) is 3.08. The lowest BCUT2D eigenvalue weighted by Crippen LogP contribution is -2.38. The van der Waals surface area contributed by atoms with Crippen molar-refractivity contribution in [3.63, 3.8) is 0 Å². The van der Waals surface area contributed by atoms with Crippen molar-refractivity contribution in [2.45, 2.75) is 26.7 Å². The molecule has 0 radical (unpaired) electrons. The molecule has 0 bridgehead atoms. The molecule has 0 aromatic heterocycles. The average Bonchev–Trinajstić information content (AvgIpc) is 2.47. The van der Waals surface area contributed by atoms with Gasteiger partial charge in [-0.05, 0) is 73.4 Å². The van der Waals surface area contributed by atoms with E-state index in [2.05, 4.69) is 33.1 Å². The van der Waals surface area contributed by atoms with Crippen LogP contribution < -0.4 is 5.32 Å². The van der Waals surface area contributed by atoms with Crippen molar-refractivity contribution in [3.8, 4) is 0 Å². The number of amides is 1. The van der Waals surface area contributed by atoms with E-state index < -0.39 is 0 Å². The Morgan fingerprint density at radius 3 is 2.75 bits per heavy atom. The second kappa shape index (κ2) is 7.23. The van der Waals surface area contributed by atoms with Gasteiger partial charge in [-0.25, -0.2) is 0 Å². The molecule has 1 aromatic rings. The second-order valence-electron chi connectivity index (χ2n) is 5.57. The molecule has 20 heavy (non-hydrogen) atoms. The molecule has 4 heteroatoms. The van der Waals surface area contributed by atoms with E-state index in [1.165, 1.54) is 12.8 Å². The molecular formula is C16H23BrN2O. The summed E-state index contributed by atoms with van der Waals surface area (Å²) in [5.41, 5.74) is 1.84. The van der Waals surface area contributed by atoms with E-state index in [1.807, 2.05) is 25.1 Å². The maximum absolute atomic E-state index is 12.2. The van der Waals surface area contributed by atoms with Crippen LogP contribution in [0, 0.1) is 12.8 Å². The smallest absolute Gasteiger partial charge is 0.252 e. The van der Waals surface area contributed by atoms with Crippen molar-refractivity contribution < 1.29 is 4.79 Å². The maximum atomic E-state index is 12.2. The molecule has 1 saturated heterocycles. The van der Waals surface area contributed by atoms with Crippen molar-refractivity contribution in [2.75, 3.05) is 26.2 Å². The zero-order valence-corrected chi connectivity index (χ0v) is 13.9. The SMILES string of the molecule is CCN1CCC(CNC(=O)c2cc(C)ccc2Br)CC1. The number of halogens is 1. The number of hydrogen-bond donors (Lipinski definition) is 1. The molecule has 3 nitrogen and oxygen atoms in total. The van der Waals surface area contributed by atoms with Gasteiger partial charge in [-0.15, -0.1) is 0 Å². The first kappa shape index (κ1) is 15.5. The highest BCUT2D eigenvalue weighted by atomic mass is 79.9.